The van der Waals surface area contributed by atoms with Crippen molar-refractivity contribution in [2.45, 2.75) is 51.6 Å². The zero-order chi connectivity index (χ0) is 20.7. The molecule has 0 aliphatic carbocycles. The minimum Gasteiger partial charge on any atom is -0.380 e. The summed E-state index contributed by atoms with van der Waals surface area (Å²) in [4.78, 5) is 34.5. The number of carbonyl (C=O) groups is 1. The lowest BCUT2D eigenvalue weighted by Crippen LogP contribution is -2.31. The van der Waals surface area contributed by atoms with Crippen LogP contribution in [0.1, 0.15) is 46.7 Å². The molecule has 1 unspecified atom stereocenters. The number of fused-ring (bicyclic) bond motifs is 2. The van der Waals surface area contributed by atoms with Crippen LogP contribution < -0.4 is 10.9 Å². The molecular weight excluding hydrogens is 396 g/mol. The highest BCUT2D eigenvalue weighted by atomic mass is 32.1. The molecule has 4 heterocycles. The molecule has 2 aliphatic rings. The summed E-state index contributed by atoms with van der Waals surface area (Å²) in [6, 6.07) is 10.3. The van der Waals surface area contributed by atoms with Gasteiger partial charge in [-0.15, -0.1) is 11.3 Å². The second kappa shape index (κ2) is 7.87. The van der Waals surface area contributed by atoms with Crippen molar-refractivity contribution in [3.8, 4) is 0 Å². The standard InChI is InChI=1S/C23H26N4O2S/c1-15-19-21(25-18-10-6-3-7-12-27(18)22(19)28)30-20(15)23(29)26-13-11-17(14-26)24-16-8-4-2-5-9-16/h2,4-5,8-9,17,24H,3,6-7,10-14H2,1H3. The fourth-order valence-corrected chi connectivity index (χ4v) is 5.75. The van der Waals surface area contributed by atoms with Crippen LogP contribution in [0.3, 0.4) is 0 Å². The van der Waals surface area contributed by atoms with Crippen molar-refractivity contribution in [3.63, 3.8) is 0 Å². The van der Waals surface area contributed by atoms with E-state index in [-0.39, 0.29) is 17.5 Å². The minimum atomic E-state index is 0.0208. The molecule has 6 nitrogen and oxygen atoms in total. The molecule has 1 aromatic carbocycles. The smallest absolute Gasteiger partial charge is 0.264 e. The van der Waals surface area contributed by atoms with E-state index in [4.69, 9.17) is 4.98 Å². The van der Waals surface area contributed by atoms with Gasteiger partial charge in [-0.1, -0.05) is 24.6 Å². The van der Waals surface area contributed by atoms with Gasteiger partial charge < -0.3 is 10.2 Å². The molecular formula is C23H26N4O2S. The van der Waals surface area contributed by atoms with Crippen molar-refractivity contribution in [2.24, 2.45) is 0 Å². The Kier molecular flexibility index (Phi) is 5.06. The Morgan fingerprint density at radius 2 is 2.00 bits per heavy atom. The summed E-state index contributed by atoms with van der Waals surface area (Å²) in [5, 5.41) is 4.15. The van der Waals surface area contributed by atoms with Crippen molar-refractivity contribution in [1.29, 1.82) is 0 Å². The van der Waals surface area contributed by atoms with Crippen LogP contribution in [0.4, 0.5) is 5.69 Å². The number of amides is 1. The van der Waals surface area contributed by atoms with E-state index in [0.29, 0.717) is 21.6 Å². The van der Waals surface area contributed by atoms with Crippen molar-refractivity contribution in [2.75, 3.05) is 18.4 Å². The maximum atomic E-state index is 13.3. The van der Waals surface area contributed by atoms with Gasteiger partial charge in [0.25, 0.3) is 11.5 Å². The molecule has 1 saturated heterocycles. The first-order valence-electron chi connectivity index (χ1n) is 10.8. The van der Waals surface area contributed by atoms with Gasteiger partial charge in [-0.25, -0.2) is 4.98 Å². The quantitative estimate of drug-likeness (QED) is 0.697. The lowest BCUT2D eigenvalue weighted by molar-refractivity contribution is 0.0796. The van der Waals surface area contributed by atoms with E-state index in [2.05, 4.69) is 5.32 Å². The molecule has 0 spiro atoms. The average Bonchev–Trinajstić information content (AvgIpc) is 3.25. The monoisotopic (exact) mass is 422 g/mol. The lowest BCUT2D eigenvalue weighted by Gasteiger charge is -2.17. The summed E-state index contributed by atoms with van der Waals surface area (Å²) in [6.45, 7) is 4.02. The topological polar surface area (TPSA) is 67.2 Å². The summed E-state index contributed by atoms with van der Waals surface area (Å²) >= 11 is 1.38. The van der Waals surface area contributed by atoms with Crippen LogP contribution in [-0.2, 0) is 13.0 Å². The largest absolute Gasteiger partial charge is 0.380 e. The van der Waals surface area contributed by atoms with E-state index in [1.54, 1.807) is 0 Å². The van der Waals surface area contributed by atoms with E-state index in [0.717, 1.165) is 62.3 Å². The zero-order valence-corrected chi connectivity index (χ0v) is 18.0. The van der Waals surface area contributed by atoms with Crippen LogP contribution in [0.15, 0.2) is 35.1 Å². The van der Waals surface area contributed by atoms with Crippen molar-refractivity contribution < 1.29 is 4.79 Å². The number of aryl methyl sites for hydroxylation is 2. The van der Waals surface area contributed by atoms with Crippen molar-refractivity contribution in [1.82, 2.24) is 14.5 Å². The van der Waals surface area contributed by atoms with Crippen LogP contribution in [0.25, 0.3) is 10.2 Å². The van der Waals surface area contributed by atoms with Gasteiger partial charge in [0.05, 0.1) is 10.3 Å². The fraction of sp³-hybridized carbons (Fsp3) is 0.435. The van der Waals surface area contributed by atoms with Crippen molar-refractivity contribution in [3.05, 3.63) is 57.0 Å². The number of rotatable bonds is 3. The number of para-hydroxylation sites is 1. The number of nitrogens with zero attached hydrogens (tertiary/aromatic N) is 3. The number of hydrogen-bond acceptors (Lipinski definition) is 5. The maximum Gasteiger partial charge on any atom is 0.264 e. The second-order valence-corrected chi connectivity index (χ2v) is 9.28. The van der Waals surface area contributed by atoms with Gasteiger partial charge in [0.15, 0.2) is 0 Å². The zero-order valence-electron chi connectivity index (χ0n) is 17.2. The van der Waals surface area contributed by atoms with Gasteiger partial charge in [0.2, 0.25) is 0 Å². The maximum absolute atomic E-state index is 13.3. The Morgan fingerprint density at radius 3 is 2.83 bits per heavy atom. The Balaban J connectivity index is 1.41. The van der Waals surface area contributed by atoms with Crippen LogP contribution in [0, 0.1) is 6.92 Å². The summed E-state index contributed by atoms with van der Waals surface area (Å²) in [5.74, 6) is 0.894. The molecule has 156 valence electrons. The number of hydrogen-bond donors (Lipinski definition) is 1. The van der Waals surface area contributed by atoms with Crippen LogP contribution in [0.5, 0.6) is 0 Å². The number of aromatic nitrogens is 2. The number of thiophene rings is 1. The summed E-state index contributed by atoms with van der Waals surface area (Å²) < 4.78 is 1.83. The first-order chi connectivity index (χ1) is 14.6. The van der Waals surface area contributed by atoms with Gasteiger partial charge in [-0.3, -0.25) is 14.2 Å². The molecule has 3 aromatic rings. The molecule has 1 atom stereocenters. The molecule has 2 aromatic heterocycles. The number of nitrogens with one attached hydrogen (secondary N) is 1. The Bertz CT molecular complexity index is 1150. The summed E-state index contributed by atoms with van der Waals surface area (Å²) in [5.41, 5.74) is 1.89. The first-order valence-corrected chi connectivity index (χ1v) is 11.6. The third kappa shape index (κ3) is 3.41. The molecule has 5 rings (SSSR count). The average molecular weight is 423 g/mol. The number of likely N-dealkylation sites (tertiary alicyclic amines) is 1. The van der Waals surface area contributed by atoms with E-state index < -0.39 is 0 Å². The number of carbonyl (C=O) groups excluding carboxylic acids is 1. The molecule has 1 N–H and O–H groups in total. The molecule has 1 amide bonds. The van der Waals surface area contributed by atoms with Gasteiger partial charge in [-0.2, -0.15) is 0 Å². The van der Waals surface area contributed by atoms with E-state index >= 15 is 0 Å². The van der Waals surface area contributed by atoms with Crippen LogP contribution >= 0.6 is 11.3 Å². The molecule has 30 heavy (non-hydrogen) atoms. The Labute approximate surface area is 179 Å². The normalized spacial score (nSPS) is 19.0. The number of anilines is 1. The van der Waals surface area contributed by atoms with Gasteiger partial charge in [-0.05, 0) is 43.9 Å². The van der Waals surface area contributed by atoms with Gasteiger partial charge >= 0.3 is 0 Å². The second-order valence-electron chi connectivity index (χ2n) is 8.28. The Morgan fingerprint density at radius 1 is 1.17 bits per heavy atom. The van der Waals surface area contributed by atoms with E-state index in [9.17, 15) is 9.59 Å². The molecule has 7 heteroatoms. The van der Waals surface area contributed by atoms with Crippen LogP contribution in [-0.4, -0.2) is 39.5 Å². The third-order valence-corrected chi connectivity index (χ3v) is 7.40. The molecule has 2 aliphatic heterocycles. The summed E-state index contributed by atoms with van der Waals surface area (Å²) in [6.07, 6.45) is 4.97. The minimum absolute atomic E-state index is 0.0208. The highest BCUT2D eigenvalue weighted by Crippen LogP contribution is 2.30. The fourth-order valence-electron chi connectivity index (χ4n) is 4.59. The molecule has 0 radical (unpaired) electrons. The first kappa shape index (κ1) is 19.3. The lowest BCUT2D eigenvalue weighted by atomic mass is 10.2. The van der Waals surface area contributed by atoms with Crippen LogP contribution in [0.2, 0.25) is 0 Å². The predicted molar refractivity (Wildman–Crippen MR) is 121 cm³/mol. The van der Waals surface area contributed by atoms with E-state index in [1.165, 1.54) is 11.3 Å². The van der Waals surface area contributed by atoms with Crippen molar-refractivity contribution >= 4 is 33.1 Å². The highest BCUT2D eigenvalue weighted by Gasteiger charge is 2.30. The predicted octanol–water partition coefficient (Wildman–Crippen LogP) is 3.82. The summed E-state index contributed by atoms with van der Waals surface area (Å²) in [7, 11) is 0. The number of benzene rings is 1. The molecule has 1 fully saturated rings. The molecule has 0 bridgehead atoms. The Hall–Kier alpha value is -2.67. The van der Waals surface area contributed by atoms with Gasteiger partial charge in [0.1, 0.15) is 10.7 Å². The molecule has 0 saturated carbocycles. The third-order valence-electron chi connectivity index (χ3n) is 6.23. The van der Waals surface area contributed by atoms with E-state index in [1.807, 2.05) is 46.7 Å². The SMILES string of the molecule is Cc1c(C(=O)N2CCC(Nc3ccccc3)C2)sc2nc3n(c(=O)c12)CCCCC3. The highest BCUT2D eigenvalue weighted by molar-refractivity contribution is 7.20. The van der Waals surface area contributed by atoms with Gasteiger partial charge in [0, 0.05) is 37.8 Å².